The lowest BCUT2D eigenvalue weighted by Gasteiger charge is -2.29. The summed E-state index contributed by atoms with van der Waals surface area (Å²) in [5.74, 6) is -0.0433. The van der Waals surface area contributed by atoms with Crippen molar-refractivity contribution in [3.63, 3.8) is 0 Å². The lowest BCUT2D eigenvalue weighted by molar-refractivity contribution is -0.127. The number of carbonyl (C=O) groups excluding carboxylic acids is 1. The van der Waals surface area contributed by atoms with Gasteiger partial charge in [-0.25, -0.2) is 4.99 Å². The van der Waals surface area contributed by atoms with E-state index in [1.54, 1.807) is 33.7 Å². The minimum atomic E-state index is -0.641. The first kappa shape index (κ1) is 27.7. The largest absolute Gasteiger partial charge is 0.507 e. The van der Waals surface area contributed by atoms with Crippen molar-refractivity contribution < 1.29 is 9.90 Å². The van der Waals surface area contributed by atoms with E-state index >= 15 is 0 Å². The molecule has 4 rings (SSSR count). The summed E-state index contributed by atoms with van der Waals surface area (Å²) in [6.07, 6.45) is 1.69. The Morgan fingerprint density at radius 3 is 2.32 bits per heavy atom. The second-order valence-electron chi connectivity index (χ2n) is 9.03. The fourth-order valence-corrected chi connectivity index (χ4v) is 5.98. The molecule has 0 unspecified atom stereocenters. The number of phenolic OH excluding ortho intramolecular Hbond substituents is 1. The van der Waals surface area contributed by atoms with E-state index in [0.29, 0.717) is 44.3 Å². The molecule has 2 heterocycles. The van der Waals surface area contributed by atoms with Gasteiger partial charge < -0.3 is 14.9 Å². The Kier molecular flexibility index (Phi) is 8.43. The van der Waals surface area contributed by atoms with Crippen molar-refractivity contribution in [2.45, 2.75) is 40.7 Å². The molecule has 0 saturated carbocycles. The van der Waals surface area contributed by atoms with Gasteiger partial charge in [0.25, 0.3) is 11.5 Å². The number of hydrogen-bond acceptors (Lipinski definition) is 6. The van der Waals surface area contributed by atoms with Gasteiger partial charge in [-0.1, -0.05) is 35.1 Å². The number of likely N-dealkylation sites (N-methyl/N-ethyl adjacent to an activating group) is 1. The highest BCUT2D eigenvalue weighted by molar-refractivity contribution is 7.07. The number of aromatic hydroxyl groups is 1. The number of rotatable bonds is 8. The van der Waals surface area contributed by atoms with Crippen molar-refractivity contribution in [2.75, 3.05) is 31.1 Å². The fourth-order valence-electron chi connectivity index (χ4n) is 4.82. The first-order valence-electron chi connectivity index (χ1n) is 12.9. The summed E-state index contributed by atoms with van der Waals surface area (Å²) in [6, 6.07) is 12.0. The Morgan fingerprint density at radius 1 is 1.08 bits per heavy atom. The molecule has 2 aromatic carbocycles. The van der Waals surface area contributed by atoms with Gasteiger partial charge in [-0.2, -0.15) is 0 Å². The SMILES string of the molecule is CCN(CC)C(=O)C1=C(C)N=c2s/c(=C/c3ccc(N(CC)CC)cc3O)c(=O)n2[C@@H]1c1ccc(Cl)cc1. The van der Waals surface area contributed by atoms with Crippen LogP contribution in [-0.4, -0.2) is 46.7 Å². The molecule has 0 bridgehead atoms. The summed E-state index contributed by atoms with van der Waals surface area (Å²) in [4.78, 5) is 36.6. The molecule has 0 aliphatic carbocycles. The van der Waals surface area contributed by atoms with Crippen molar-refractivity contribution in [2.24, 2.45) is 4.99 Å². The second-order valence-corrected chi connectivity index (χ2v) is 10.5. The van der Waals surface area contributed by atoms with Gasteiger partial charge in [-0.3, -0.25) is 14.2 Å². The number of thiazole rings is 1. The van der Waals surface area contributed by atoms with Gasteiger partial charge in [0.1, 0.15) is 5.75 Å². The Balaban J connectivity index is 1.90. The van der Waals surface area contributed by atoms with E-state index in [2.05, 4.69) is 18.7 Å². The van der Waals surface area contributed by atoms with Crippen LogP contribution in [0, 0.1) is 0 Å². The van der Waals surface area contributed by atoms with E-state index in [9.17, 15) is 14.7 Å². The van der Waals surface area contributed by atoms with Crippen LogP contribution in [0.5, 0.6) is 5.75 Å². The number of amides is 1. The number of allylic oxidation sites excluding steroid dienone is 1. The van der Waals surface area contributed by atoms with Gasteiger partial charge in [-0.15, -0.1) is 0 Å². The smallest absolute Gasteiger partial charge is 0.271 e. The van der Waals surface area contributed by atoms with Gasteiger partial charge in [-0.05, 0) is 70.5 Å². The van der Waals surface area contributed by atoms with Gasteiger partial charge in [0.05, 0.1) is 21.8 Å². The summed E-state index contributed by atoms with van der Waals surface area (Å²) >= 11 is 7.41. The van der Waals surface area contributed by atoms with E-state index < -0.39 is 6.04 Å². The maximum Gasteiger partial charge on any atom is 0.271 e. The number of phenols is 1. The molecule has 1 aliphatic rings. The maximum atomic E-state index is 13.9. The number of hydrogen-bond donors (Lipinski definition) is 1. The standard InChI is InChI=1S/C29H33ClN4O3S/c1-6-32(7-2)22-15-12-20(23(35)17-22)16-24-27(36)34-26(19-10-13-21(30)14-11-19)25(18(5)31-29(34)38-24)28(37)33(8-3)9-4/h10-17,26,35H,6-9H2,1-5H3/b24-16+/t26-/m1/s1. The number of aromatic nitrogens is 1. The zero-order chi connectivity index (χ0) is 27.6. The van der Waals surface area contributed by atoms with Crippen LogP contribution in [0.25, 0.3) is 6.08 Å². The molecule has 3 aromatic rings. The average molecular weight is 553 g/mol. The monoisotopic (exact) mass is 552 g/mol. The molecule has 7 nitrogen and oxygen atoms in total. The molecular weight excluding hydrogens is 520 g/mol. The van der Waals surface area contributed by atoms with Crippen molar-refractivity contribution in [3.8, 4) is 5.75 Å². The van der Waals surface area contributed by atoms with Gasteiger partial charge in [0, 0.05) is 48.5 Å². The van der Waals surface area contributed by atoms with Crippen molar-refractivity contribution in [1.29, 1.82) is 0 Å². The highest BCUT2D eigenvalue weighted by Crippen LogP contribution is 2.32. The predicted octanol–water partition coefficient (Wildman–Crippen LogP) is 4.31. The Labute approximate surface area is 231 Å². The van der Waals surface area contributed by atoms with Gasteiger partial charge >= 0.3 is 0 Å². The van der Waals surface area contributed by atoms with Crippen LogP contribution < -0.4 is 19.8 Å². The maximum absolute atomic E-state index is 13.9. The number of anilines is 1. The number of benzene rings is 2. The molecule has 1 atom stereocenters. The minimum Gasteiger partial charge on any atom is -0.507 e. The van der Waals surface area contributed by atoms with E-state index in [-0.39, 0.29) is 17.2 Å². The molecule has 0 radical (unpaired) electrons. The molecule has 1 amide bonds. The molecule has 9 heteroatoms. The Hall–Kier alpha value is -3.36. The third-order valence-corrected chi connectivity index (χ3v) is 8.15. The van der Waals surface area contributed by atoms with Crippen molar-refractivity contribution >= 4 is 40.6 Å². The van der Waals surface area contributed by atoms with Crippen LogP contribution in [0.3, 0.4) is 0 Å². The Bertz CT molecular complexity index is 1550. The molecular formula is C29H33ClN4O3S. The van der Waals surface area contributed by atoms with Crippen LogP contribution in [0.15, 0.2) is 63.5 Å². The van der Waals surface area contributed by atoms with E-state index in [1.807, 2.05) is 45.0 Å². The summed E-state index contributed by atoms with van der Waals surface area (Å²) < 4.78 is 2.02. The van der Waals surface area contributed by atoms with Crippen LogP contribution in [0.4, 0.5) is 5.69 Å². The highest BCUT2D eigenvalue weighted by Gasteiger charge is 2.34. The number of carbonyl (C=O) groups is 1. The molecule has 38 heavy (non-hydrogen) atoms. The molecule has 1 aromatic heterocycles. The van der Waals surface area contributed by atoms with Gasteiger partial charge in [0.15, 0.2) is 4.80 Å². The molecule has 1 N–H and O–H groups in total. The lowest BCUT2D eigenvalue weighted by Crippen LogP contribution is -2.43. The van der Waals surface area contributed by atoms with Crippen LogP contribution in [-0.2, 0) is 4.79 Å². The Morgan fingerprint density at radius 2 is 1.74 bits per heavy atom. The topological polar surface area (TPSA) is 78.1 Å². The summed E-state index contributed by atoms with van der Waals surface area (Å²) in [5, 5.41) is 11.3. The average Bonchev–Trinajstić information content (AvgIpc) is 3.20. The van der Waals surface area contributed by atoms with Crippen LogP contribution in [0.2, 0.25) is 5.02 Å². The predicted molar refractivity (Wildman–Crippen MR) is 155 cm³/mol. The molecule has 0 saturated heterocycles. The molecule has 0 fully saturated rings. The first-order valence-corrected chi connectivity index (χ1v) is 14.1. The molecule has 0 spiro atoms. The normalized spacial score (nSPS) is 15.3. The fraction of sp³-hybridized carbons (Fsp3) is 0.345. The quantitative estimate of drug-likeness (QED) is 0.452. The van der Waals surface area contributed by atoms with Crippen molar-refractivity contribution in [3.05, 3.63) is 89.6 Å². The molecule has 1 aliphatic heterocycles. The third kappa shape index (κ3) is 5.15. The molecule has 200 valence electrons. The third-order valence-electron chi connectivity index (χ3n) is 6.92. The van der Waals surface area contributed by atoms with Gasteiger partial charge in [0.2, 0.25) is 0 Å². The lowest BCUT2D eigenvalue weighted by atomic mass is 9.94. The van der Waals surface area contributed by atoms with Crippen molar-refractivity contribution in [1.82, 2.24) is 9.47 Å². The van der Waals surface area contributed by atoms with E-state index in [0.717, 1.165) is 24.3 Å². The number of halogens is 1. The first-order chi connectivity index (χ1) is 18.2. The number of nitrogens with zero attached hydrogens (tertiary/aromatic N) is 4. The van der Waals surface area contributed by atoms with Crippen LogP contribution >= 0.6 is 22.9 Å². The number of fused-ring (bicyclic) bond motifs is 1. The van der Waals surface area contributed by atoms with E-state index in [1.165, 1.54) is 11.3 Å². The van der Waals surface area contributed by atoms with Crippen LogP contribution in [0.1, 0.15) is 51.8 Å². The zero-order valence-electron chi connectivity index (χ0n) is 22.4. The zero-order valence-corrected chi connectivity index (χ0v) is 23.9. The van der Waals surface area contributed by atoms with E-state index in [4.69, 9.17) is 16.6 Å². The summed E-state index contributed by atoms with van der Waals surface area (Å²) in [6.45, 7) is 12.6. The minimum absolute atomic E-state index is 0.100. The highest BCUT2D eigenvalue weighted by atomic mass is 35.5. The summed E-state index contributed by atoms with van der Waals surface area (Å²) in [5.41, 5.74) is 3.03. The summed E-state index contributed by atoms with van der Waals surface area (Å²) in [7, 11) is 0. The second kappa shape index (κ2) is 11.6.